The van der Waals surface area contributed by atoms with E-state index >= 15 is 0 Å². The molecule has 1 amide bonds. The van der Waals surface area contributed by atoms with E-state index in [0.717, 1.165) is 0 Å². The van der Waals surface area contributed by atoms with E-state index in [0.29, 0.717) is 6.54 Å². The van der Waals surface area contributed by atoms with Crippen molar-refractivity contribution in [2.45, 2.75) is 13.1 Å². The van der Waals surface area contributed by atoms with E-state index in [-0.39, 0.29) is 18.2 Å². The molecule has 4 N–H and O–H groups in total. The van der Waals surface area contributed by atoms with Gasteiger partial charge in [0.25, 0.3) is 0 Å². The van der Waals surface area contributed by atoms with E-state index in [9.17, 15) is 18.0 Å². The fourth-order valence-corrected chi connectivity index (χ4v) is 1.11. The van der Waals surface area contributed by atoms with Crippen molar-refractivity contribution in [3.8, 4) is 0 Å². The average molecular weight is 263 g/mol. The number of amides is 1. The van der Waals surface area contributed by atoms with Gasteiger partial charge in [-0.05, 0) is 6.92 Å². The SMILES string of the molecule is CCNc1cc(NCC(N)=O)nc(C(F)(F)F)n1. The van der Waals surface area contributed by atoms with Gasteiger partial charge in [-0.2, -0.15) is 13.2 Å². The molecule has 0 aliphatic carbocycles. The average Bonchev–Trinajstić information content (AvgIpc) is 2.25. The van der Waals surface area contributed by atoms with Gasteiger partial charge in [0.15, 0.2) is 0 Å². The quantitative estimate of drug-likeness (QED) is 0.731. The second-order valence-electron chi connectivity index (χ2n) is 3.31. The minimum atomic E-state index is -4.66. The van der Waals surface area contributed by atoms with E-state index in [1.165, 1.54) is 6.07 Å². The topological polar surface area (TPSA) is 92.9 Å². The third kappa shape index (κ3) is 4.07. The summed E-state index contributed by atoms with van der Waals surface area (Å²) in [5.41, 5.74) is 4.88. The number of primary amides is 1. The number of rotatable bonds is 5. The van der Waals surface area contributed by atoms with E-state index in [1.807, 2.05) is 0 Å². The van der Waals surface area contributed by atoms with Crippen LogP contribution >= 0.6 is 0 Å². The van der Waals surface area contributed by atoms with Crippen LogP contribution in [0.25, 0.3) is 0 Å². The summed E-state index contributed by atoms with van der Waals surface area (Å²) in [6.45, 7) is 1.81. The predicted molar refractivity (Wildman–Crippen MR) is 58.9 cm³/mol. The number of carbonyl (C=O) groups excluding carboxylic acids is 1. The number of nitrogens with zero attached hydrogens (tertiary/aromatic N) is 2. The number of aromatic nitrogens is 2. The molecule has 0 aliphatic heterocycles. The lowest BCUT2D eigenvalue weighted by Gasteiger charge is -2.11. The van der Waals surface area contributed by atoms with Gasteiger partial charge in [-0.15, -0.1) is 0 Å². The Labute approximate surface area is 101 Å². The molecule has 0 radical (unpaired) electrons. The van der Waals surface area contributed by atoms with Crippen molar-refractivity contribution in [2.75, 3.05) is 23.7 Å². The minimum Gasteiger partial charge on any atom is -0.370 e. The van der Waals surface area contributed by atoms with Crippen molar-refractivity contribution >= 4 is 17.5 Å². The first-order chi connectivity index (χ1) is 8.32. The van der Waals surface area contributed by atoms with Crippen LogP contribution in [-0.4, -0.2) is 29.0 Å². The highest BCUT2D eigenvalue weighted by Crippen LogP contribution is 2.28. The molecule has 0 aromatic carbocycles. The molecule has 1 heterocycles. The maximum Gasteiger partial charge on any atom is 0.451 e. The number of alkyl halides is 3. The molecule has 6 nitrogen and oxygen atoms in total. The molecule has 9 heteroatoms. The lowest BCUT2D eigenvalue weighted by Crippen LogP contribution is -2.23. The molecule has 0 saturated carbocycles. The zero-order chi connectivity index (χ0) is 13.8. The smallest absolute Gasteiger partial charge is 0.370 e. The number of hydrogen-bond acceptors (Lipinski definition) is 5. The monoisotopic (exact) mass is 263 g/mol. The lowest BCUT2D eigenvalue weighted by molar-refractivity contribution is -0.144. The van der Waals surface area contributed by atoms with Crippen LogP contribution in [0.3, 0.4) is 0 Å². The highest BCUT2D eigenvalue weighted by molar-refractivity contribution is 5.78. The Morgan fingerprint density at radius 2 is 1.89 bits per heavy atom. The number of halogens is 3. The van der Waals surface area contributed by atoms with Crippen molar-refractivity contribution in [3.05, 3.63) is 11.9 Å². The summed E-state index contributed by atoms with van der Waals surface area (Å²) in [7, 11) is 0. The molecule has 100 valence electrons. The molecule has 0 bridgehead atoms. The molecule has 0 fully saturated rings. The third-order valence-electron chi connectivity index (χ3n) is 1.78. The summed E-state index contributed by atoms with van der Waals surface area (Å²) in [4.78, 5) is 17.1. The Kier molecular flexibility index (Phi) is 4.29. The van der Waals surface area contributed by atoms with Crippen molar-refractivity contribution in [2.24, 2.45) is 5.73 Å². The fourth-order valence-electron chi connectivity index (χ4n) is 1.11. The molecular formula is C9H12F3N5O. The lowest BCUT2D eigenvalue weighted by atomic mass is 10.4. The summed E-state index contributed by atoms with van der Waals surface area (Å²) in [6, 6.07) is 1.27. The maximum absolute atomic E-state index is 12.5. The van der Waals surface area contributed by atoms with Crippen LogP contribution in [-0.2, 0) is 11.0 Å². The van der Waals surface area contributed by atoms with Crippen LogP contribution in [0.5, 0.6) is 0 Å². The van der Waals surface area contributed by atoms with Crippen LogP contribution in [0.15, 0.2) is 6.07 Å². The van der Waals surface area contributed by atoms with Gasteiger partial charge in [-0.1, -0.05) is 0 Å². The Morgan fingerprint density at radius 1 is 1.33 bits per heavy atom. The highest BCUT2D eigenvalue weighted by Gasteiger charge is 2.35. The van der Waals surface area contributed by atoms with Crippen molar-refractivity contribution < 1.29 is 18.0 Å². The fraction of sp³-hybridized carbons (Fsp3) is 0.444. The summed E-state index contributed by atoms with van der Waals surface area (Å²) >= 11 is 0. The van der Waals surface area contributed by atoms with Crippen LogP contribution in [0.1, 0.15) is 12.7 Å². The van der Waals surface area contributed by atoms with E-state index in [2.05, 4.69) is 20.6 Å². The normalized spacial score (nSPS) is 11.1. The van der Waals surface area contributed by atoms with Crippen LogP contribution in [0.4, 0.5) is 24.8 Å². The molecule has 0 saturated heterocycles. The van der Waals surface area contributed by atoms with Crippen LogP contribution in [0, 0.1) is 0 Å². The number of nitrogens with two attached hydrogens (primary N) is 1. The third-order valence-corrected chi connectivity index (χ3v) is 1.78. The first kappa shape index (κ1) is 14.0. The minimum absolute atomic E-state index is 0.0202. The first-order valence-corrected chi connectivity index (χ1v) is 5.05. The number of carbonyl (C=O) groups is 1. The summed E-state index contributed by atoms with van der Waals surface area (Å²) in [6.07, 6.45) is -4.66. The number of hydrogen-bond donors (Lipinski definition) is 3. The zero-order valence-electron chi connectivity index (χ0n) is 9.51. The van der Waals surface area contributed by atoms with E-state index in [4.69, 9.17) is 5.73 Å². The Balaban J connectivity index is 3.02. The maximum atomic E-state index is 12.5. The van der Waals surface area contributed by atoms with Gasteiger partial charge in [0.2, 0.25) is 11.7 Å². The van der Waals surface area contributed by atoms with Crippen molar-refractivity contribution in [1.82, 2.24) is 9.97 Å². The summed E-state index contributed by atoms with van der Waals surface area (Å²) < 4.78 is 37.5. The second-order valence-corrected chi connectivity index (χ2v) is 3.31. The molecule has 18 heavy (non-hydrogen) atoms. The molecule has 1 rings (SSSR count). The summed E-state index contributed by atoms with van der Waals surface area (Å²) in [5, 5.41) is 5.03. The zero-order valence-corrected chi connectivity index (χ0v) is 9.51. The molecule has 0 aliphatic rings. The Morgan fingerprint density at radius 3 is 2.33 bits per heavy atom. The van der Waals surface area contributed by atoms with Gasteiger partial charge < -0.3 is 16.4 Å². The van der Waals surface area contributed by atoms with Crippen molar-refractivity contribution in [1.29, 1.82) is 0 Å². The summed E-state index contributed by atoms with van der Waals surface area (Å²) in [5.74, 6) is -2.08. The van der Waals surface area contributed by atoms with Crippen LogP contribution < -0.4 is 16.4 Å². The molecule has 0 spiro atoms. The predicted octanol–water partition coefficient (Wildman–Crippen LogP) is 0.824. The van der Waals surface area contributed by atoms with Gasteiger partial charge in [0, 0.05) is 12.6 Å². The second kappa shape index (κ2) is 5.52. The number of nitrogens with one attached hydrogen (secondary N) is 2. The van der Waals surface area contributed by atoms with Gasteiger partial charge in [-0.3, -0.25) is 4.79 Å². The molecule has 0 unspecified atom stereocenters. The first-order valence-electron chi connectivity index (χ1n) is 5.05. The molecule has 0 atom stereocenters. The number of anilines is 2. The molecule has 1 aromatic rings. The van der Waals surface area contributed by atoms with Gasteiger partial charge in [0.1, 0.15) is 11.6 Å². The van der Waals surface area contributed by atoms with E-state index < -0.39 is 17.9 Å². The molecular weight excluding hydrogens is 251 g/mol. The Hall–Kier alpha value is -2.06. The standard InChI is InChI=1S/C9H12F3N5O/c1-2-14-6-3-7(15-4-5(13)18)17-8(16-6)9(10,11)12/h3H,2,4H2,1H3,(H2,13,18)(H2,14,15,16,17). The largest absolute Gasteiger partial charge is 0.451 e. The van der Waals surface area contributed by atoms with Gasteiger partial charge >= 0.3 is 6.18 Å². The van der Waals surface area contributed by atoms with Crippen molar-refractivity contribution in [3.63, 3.8) is 0 Å². The van der Waals surface area contributed by atoms with Gasteiger partial charge in [0.05, 0.1) is 6.54 Å². The van der Waals surface area contributed by atoms with Gasteiger partial charge in [-0.25, -0.2) is 9.97 Å². The van der Waals surface area contributed by atoms with Crippen LogP contribution in [0.2, 0.25) is 0 Å². The Bertz CT molecular complexity index is 435. The molecule has 1 aromatic heterocycles. The highest BCUT2D eigenvalue weighted by atomic mass is 19.4. The van der Waals surface area contributed by atoms with E-state index in [1.54, 1.807) is 6.92 Å².